The van der Waals surface area contributed by atoms with Crippen molar-refractivity contribution >= 4 is 16.5 Å². The maximum Gasteiger partial charge on any atom is 0.573 e. The number of anilines is 1. The van der Waals surface area contributed by atoms with Gasteiger partial charge in [-0.25, -0.2) is 0 Å². The van der Waals surface area contributed by atoms with Crippen LogP contribution in [0.4, 0.5) is 18.9 Å². The number of aromatic hydroxyl groups is 1. The minimum Gasteiger partial charge on any atom is -0.494 e. The first-order valence-electron chi connectivity index (χ1n) is 10.9. The normalized spacial score (nSPS) is 15.4. The first-order chi connectivity index (χ1) is 15.7. The second kappa shape index (κ2) is 9.52. The quantitative estimate of drug-likeness (QED) is 0.564. The molecule has 0 atom stereocenters. The van der Waals surface area contributed by atoms with Gasteiger partial charge in [0.2, 0.25) is 0 Å². The summed E-state index contributed by atoms with van der Waals surface area (Å²) in [6, 6.07) is 9.86. The van der Waals surface area contributed by atoms with Crippen molar-refractivity contribution < 1.29 is 27.8 Å². The number of aromatic nitrogens is 1. The fraction of sp³-hybridized carbons (Fsp3) is 0.417. The first kappa shape index (κ1) is 23.3. The molecule has 0 radical (unpaired) electrons. The van der Waals surface area contributed by atoms with Gasteiger partial charge in [-0.05, 0) is 42.3 Å². The summed E-state index contributed by atoms with van der Waals surface area (Å²) < 4.78 is 47.9. The van der Waals surface area contributed by atoms with Crippen LogP contribution in [-0.4, -0.2) is 67.4 Å². The zero-order chi connectivity index (χ0) is 23.6. The Bertz CT molecular complexity index is 1090. The third-order valence-electron chi connectivity index (χ3n) is 6.00. The van der Waals surface area contributed by atoms with Gasteiger partial charge in [0.05, 0.1) is 13.2 Å². The molecular formula is C24H28F3N3O3. The average Bonchev–Trinajstić information content (AvgIpc) is 3.08. The molecule has 0 saturated carbocycles. The molecule has 178 valence electrons. The number of hydrogen-bond acceptors (Lipinski definition) is 5. The Morgan fingerprint density at radius 1 is 1.03 bits per heavy atom. The van der Waals surface area contributed by atoms with Crippen LogP contribution < -0.4 is 9.64 Å². The minimum absolute atomic E-state index is 0.147. The molecule has 0 bridgehead atoms. The number of rotatable bonds is 7. The number of benzene rings is 2. The fourth-order valence-corrected chi connectivity index (χ4v) is 4.32. The topological polar surface area (TPSA) is 50.1 Å². The maximum absolute atomic E-state index is 12.4. The monoisotopic (exact) mass is 463 g/mol. The molecule has 3 aromatic rings. The molecule has 0 unspecified atom stereocenters. The summed E-state index contributed by atoms with van der Waals surface area (Å²) in [7, 11) is 1.72. The SMILES string of the molecule is COCCN1CCN(c2cc(C)c3c(O)n(Cc4ccc(OC(F)(F)F)cc4)cc3c2)CC1. The third kappa shape index (κ3) is 5.54. The Labute approximate surface area is 190 Å². The number of piperazine rings is 1. The van der Waals surface area contributed by atoms with E-state index in [1.165, 1.54) is 12.1 Å². The maximum atomic E-state index is 12.4. The highest BCUT2D eigenvalue weighted by Gasteiger charge is 2.31. The predicted octanol–water partition coefficient (Wildman–Crippen LogP) is 4.37. The molecule has 4 rings (SSSR count). The molecule has 2 heterocycles. The van der Waals surface area contributed by atoms with E-state index < -0.39 is 6.36 Å². The zero-order valence-electron chi connectivity index (χ0n) is 18.7. The molecule has 0 amide bonds. The number of fused-ring (bicyclic) bond motifs is 1. The number of alkyl halides is 3. The molecule has 1 aromatic heterocycles. The highest BCUT2D eigenvalue weighted by atomic mass is 19.4. The van der Waals surface area contributed by atoms with Gasteiger partial charge >= 0.3 is 6.36 Å². The Morgan fingerprint density at radius 3 is 2.36 bits per heavy atom. The van der Waals surface area contributed by atoms with Crippen molar-refractivity contribution in [2.45, 2.75) is 19.8 Å². The van der Waals surface area contributed by atoms with E-state index in [4.69, 9.17) is 4.74 Å². The summed E-state index contributed by atoms with van der Waals surface area (Å²) >= 11 is 0. The van der Waals surface area contributed by atoms with Crippen LogP contribution >= 0.6 is 0 Å². The lowest BCUT2D eigenvalue weighted by Gasteiger charge is -2.36. The molecule has 0 spiro atoms. The van der Waals surface area contributed by atoms with Gasteiger partial charge in [-0.3, -0.25) is 4.90 Å². The van der Waals surface area contributed by atoms with Crippen LogP contribution in [0.5, 0.6) is 11.6 Å². The van der Waals surface area contributed by atoms with E-state index in [9.17, 15) is 18.3 Å². The van der Waals surface area contributed by atoms with Gasteiger partial charge in [0.15, 0.2) is 5.88 Å². The number of methoxy groups -OCH3 is 1. The standard InChI is InChI=1S/C24H28F3N3O3/c1-17-13-20(29-9-7-28(8-10-29)11-12-32-2)14-19-16-30(23(31)22(17)19)15-18-3-5-21(6-4-18)33-24(25,26)27/h3-6,13-14,16,31H,7-12,15H2,1-2H3. The number of ether oxygens (including phenoxy) is 2. The van der Waals surface area contributed by atoms with Gasteiger partial charge in [-0.2, -0.15) is 0 Å². The molecule has 1 aliphatic rings. The van der Waals surface area contributed by atoms with Gasteiger partial charge in [-0.1, -0.05) is 12.1 Å². The van der Waals surface area contributed by atoms with Crippen molar-refractivity contribution in [3.8, 4) is 11.6 Å². The molecule has 6 nitrogen and oxygen atoms in total. The Balaban J connectivity index is 1.50. The minimum atomic E-state index is -4.72. The summed E-state index contributed by atoms with van der Waals surface area (Å²) in [5.41, 5.74) is 2.86. The number of nitrogens with zero attached hydrogens (tertiary/aromatic N) is 3. The lowest BCUT2D eigenvalue weighted by molar-refractivity contribution is -0.274. The zero-order valence-corrected chi connectivity index (χ0v) is 18.7. The Hall–Kier alpha value is -2.91. The molecule has 1 saturated heterocycles. The van der Waals surface area contributed by atoms with Crippen LogP contribution in [0.15, 0.2) is 42.6 Å². The molecule has 0 aliphatic carbocycles. The first-order valence-corrected chi connectivity index (χ1v) is 10.9. The van der Waals surface area contributed by atoms with E-state index in [1.807, 2.05) is 13.1 Å². The number of hydrogen-bond donors (Lipinski definition) is 1. The lowest BCUT2D eigenvalue weighted by Crippen LogP contribution is -2.47. The Kier molecular flexibility index (Phi) is 6.71. The Morgan fingerprint density at radius 2 is 1.73 bits per heavy atom. The van der Waals surface area contributed by atoms with Gasteiger partial charge in [0.25, 0.3) is 0 Å². The summed E-state index contributed by atoms with van der Waals surface area (Å²) in [5, 5.41) is 12.5. The van der Waals surface area contributed by atoms with Crippen LogP contribution in [-0.2, 0) is 11.3 Å². The second-order valence-electron chi connectivity index (χ2n) is 8.32. The molecule has 1 aliphatic heterocycles. The van der Waals surface area contributed by atoms with Gasteiger partial charge in [-0.15, -0.1) is 13.2 Å². The van der Waals surface area contributed by atoms with E-state index in [-0.39, 0.29) is 11.6 Å². The summed E-state index contributed by atoms with van der Waals surface area (Å²) in [5.74, 6) is -0.120. The predicted molar refractivity (Wildman–Crippen MR) is 121 cm³/mol. The molecule has 33 heavy (non-hydrogen) atoms. The van der Waals surface area contributed by atoms with Crippen LogP contribution in [0.25, 0.3) is 10.8 Å². The van der Waals surface area contributed by atoms with Crippen molar-refractivity contribution in [2.24, 2.45) is 0 Å². The van der Waals surface area contributed by atoms with Crippen LogP contribution in [0, 0.1) is 6.92 Å². The molecular weight excluding hydrogens is 435 g/mol. The van der Waals surface area contributed by atoms with E-state index in [0.717, 1.165) is 66.9 Å². The summed E-state index contributed by atoms with van der Waals surface area (Å²) in [6.45, 7) is 7.77. The largest absolute Gasteiger partial charge is 0.573 e. The van der Waals surface area contributed by atoms with E-state index in [0.29, 0.717) is 6.54 Å². The van der Waals surface area contributed by atoms with Gasteiger partial charge < -0.3 is 24.0 Å². The van der Waals surface area contributed by atoms with Gasteiger partial charge in [0, 0.05) is 62.5 Å². The third-order valence-corrected chi connectivity index (χ3v) is 6.00. The van der Waals surface area contributed by atoms with E-state index in [2.05, 4.69) is 26.7 Å². The lowest BCUT2D eigenvalue weighted by atomic mass is 10.1. The van der Waals surface area contributed by atoms with Crippen LogP contribution in [0.3, 0.4) is 0 Å². The highest BCUT2D eigenvalue weighted by molar-refractivity contribution is 5.93. The summed E-state index contributed by atoms with van der Waals surface area (Å²) in [4.78, 5) is 4.74. The summed E-state index contributed by atoms with van der Waals surface area (Å²) in [6.07, 6.45) is -2.83. The van der Waals surface area contributed by atoms with Crippen molar-refractivity contribution in [3.63, 3.8) is 0 Å². The second-order valence-corrected chi connectivity index (χ2v) is 8.32. The molecule has 1 fully saturated rings. The fourth-order valence-electron chi connectivity index (χ4n) is 4.32. The van der Waals surface area contributed by atoms with Crippen LogP contribution in [0.1, 0.15) is 11.1 Å². The van der Waals surface area contributed by atoms with Crippen molar-refractivity contribution in [3.05, 3.63) is 53.7 Å². The highest BCUT2D eigenvalue weighted by Crippen LogP contribution is 2.35. The van der Waals surface area contributed by atoms with Gasteiger partial charge in [0.1, 0.15) is 5.75 Å². The van der Waals surface area contributed by atoms with Crippen molar-refractivity contribution in [1.82, 2.24) is 9.47 Å². The molecule has 1 N–H and O–H groups in total. The smallest absolute Gasteiger partial charge is 0.494 e. The van der Waals surface area contributed by atoms with E-state index in [1.54, 1.807) is 23.8 Å². The van der Waals surface area contributed by atoms with E-state index >= 15 is 0 Å². The van der Waals surface area contributed by atoms with Crippen LogP contribution in [0.2, 0.25) is 0 Å². The number of halogens is 3. The van der Waals surface area contributed by atoms with Crippen molar-refractivity contribution in [1.29, 1.82) is 0 Å². The van der Waals surface area contributed by atoms with Crippen molar-refractivity contribution in [2.75, 3.05) is 51.3 Å². The molecule has 2 aromatic carbocycles. The number of aryl methyl sites for hydroxylation is 1. The molecule has 9 heteroatoms. The average molecular weight is 464 g/mol.